The highest BCUT2D eigenvalue weighted by atomic mass is 79.9. The molecule has 0 bridgehead atoms. The molecule has 1 aromatic heterocycles. The third-order valence-corrected chi connectivity index (χ3v) is 3.93. The zero-order valence-electron chi connectivity index (χ0n) is 8.72. The highest BCUT2D eigenvalue weighted by molar-refractivity contribution is 9.10. The molecule has 0 aliphatic heterocycles. The van der Waals surface area contributed by atoms with Crippen LogP contribution in [0, 0.1) is 0 Å². The molecule has 0 saturated heterocycles. The van der Waals surface area contributed by atoms with E-state index in [1.807, 2.05) is 25.2 Å². The molecule has 0 radical (unpaired) electrons. The van der Waals surface area contributed by atoms with Crippen molar-refractivity contribution in [3.63, 3.8) is 0 Å². The van der Waals surface area contributed by atoms with Crippen LogP contribution in [0.2, 0.25) is 0 Å². The third kappa shape index (κ3) is 2.56. The van der Waals surface area contributed by atoms with Gasteiger partial charge in [-0.15, -0.1) is 0 Å². The van der Waals surface area contributed by atoms with Crippen molar-refractivity contribution in [2.24, 2.45) is 7.05 Å². The normalized spacial score (nSPS) is 10.6. The van der Waals surface area contributed by atoms with Crippen LogP contribution >= 0.6 is 27.7 Å². The molecule has 0 aliphatic rings. The Morgan fingerprint density at radius 2 is 2.31 bits per heavy atom. The molecule has 0 aliphatic carbocycles. The van der Waals surface area contributed by atoms with E-state index < -0.39 is 0 Å². The molecule has 0 saturated carbocycles. The van der Waals surface area contributed by atoms with E-state index in [0.717, 1.165) is 21.1 Å². The van der Waals surface area contributed by atoms with Gasteiger partial charge in [-0.05, 0) is 33.6 Å². The maximum atomic E-state index is 5.81. The quantitative estimate of drug-likeness (QED) is 0.698. The second-order valence-corrected chi connectivity index (χ2v) is 5.11. The lowest BCUT2D eigenvalue weighted by Crippen LogP contribution is -1.94. The zero-order chi connectivity index (χ0) is 11.5. The summed E-state index contributed by atoms with van der Waals surface area (Å²) in [4.78, 5) is 4.15. The van der Waals surface area contributed by atoms with E-state index in [9.17, 15) is 0 Å². The first-order valence-electron chi connectivity index (χ1n) is 4.67. The number of nitrogens with two attached hydrogens (primary N) is 1. The van der Waals surface area contributed by atoms with Gasteiger partial charge in [0.25, 0.3) is 0 Å². The molecule has 0 atom stereocenters. The Balaban J connectivity index is 2.05. The van der Waals surface area contributed by atoms with Crippen molar-refractivity contribution < 1.29 is 0 Å². The molecule has 0 fully saturated rings. The van der Waals surface area contributed by atoms with E-state index in [4.69, 9.17) is 5.73 Å². The molecule has 16 heavy (non-hydrogen) atoms. The molecule has 1 aromatic carbocycles. The Morgan fingerprint density at radius 1 is 1.50 bits per heavy atom. The fraction of sp³-hybridized carbons (Fsp3) is 0.200. The largest absolute Gasteiger partial charge is 0.398 e. The SMILES string of the molecule is Cn1ncnc1SCc1ccc(Br)c(N)c1. The van der Waals surface area contributed by atoms with Crippen LogP contribution in [0.1, 0.15) is 5.56 Å². The van der Waals surface area contributed by atoms with Gasteiger partial charge in [-0.25, -0.2) is 9.67 Å². The molecular formula is C10H11BrN4S. The van der Waals surface area contributed by atoms with E-state index >= 15 is 0 Å². The van der Waals surface area contributed by atoms with Crippen LogP contribution in [-0.4, -0.2) is 14.8 Å². The molecule has 84 valence electrons. The third-order valence-electron chi connectivity index (χ3n) is 2.10. The molecule has 0 unspecified atom stereocenters. The number of aryl methyl sites for hydroxylation is 1. The van der Waals surface area contributed by atoms with E-state index in [0.29, 0.717) is 0 Å². The van der Waals surface area contributed by atoms with Crippen molar-refractivity contribution in [3.05, 3.63) is 34.6 Å². The van der Waals surface area contributed by atoms with Gasteiger partial charge in [0.15, 0.2) is 5.16 Å². The fourth-order valence-corrected chi connectivity index (χ4v) is 2.32. The van der Waals surface area contributed by atoms with E-state index in [1.54, 1.807) is 22.8 Å². The van der Waals surface area contributed by atoms with Gasteiger partial charge in [0.05, 0.1) is 0 Å². The number of hydrogen-bond donors (Lipinski definition) is 1. The van der Waals surface area contributed by atoms with Gasteiger partial charge >= 0.3 is 0 Å². The first-order valence-corrected chi connectivity index (χ1v) is 6.45. The fourth-order valence-electron chi connectivity index (χ4n) is 1.25. The van der Waals surface area contributed by atoms with Crippen molar-refractivity contribution >= 4 is 33.4 Å². The molecular weight excluding hydrogens is 288 g/mol. The average Bonchev–Trinajstić information content (AvgIpc) is 2.66. The van der Waals surface area contributed by atoms with E-state index in [1.165, 1.54) is 5.56 Å². The Kier molecular flexibility index (Phi) is 3.50. The first-order chi connectivity index (χ1) is 7.66. The lowest BCUT2D eigenvalue weighted by atomic mass is 10.2. The Labute approximate surface area is 106 Å². The summed E-state index contributed by atoms with van der Waals surface area (Å²) in [7, 11) is 1.88. The van der Waals surface area contributed by atoms with Crippen LogP contribution < -0.4 is 5.73 Å². The van der Waals surface area contributed by atoms with Crippen LogP contribution in [-0.2, 0) is 12.8 Å². The minimum absolute atomic E-state index is 0.760. The van der Waals surface area contributed by atoms with Gasteiger partial charge in [-0.1, -0.05) is 17.8 Å². The summed E-state index contributed by atoms with van der Waals surface area (Å²) < 4.78 is 2.69. The molecule has 0 amide bonds. The Morgan fingerprint density at radius 3 is 2.94 bits per heavy atom. The van der Waals surface area contributed by atoms with Crippen LogP contribution in [0.3, 0.4) is 0 Å². The van der Waals surface area contributed by atoms with Gasteiger partial charge in [-0.2, -0.15) is 5.10 Å². The van der Waals surface area contributed by atoms with Gasteiger partial charge < -0.3 is 5.73 Å². The second-order valence-electron chi connectivity index (χ2n) is 3.31. The first kappa shape index (κ1) is 11.5. The maximum absolute atomic E-state index is 5.81. The summed E-state index contributed by atoms with van der Waals surface area (Å²) in [6, 6.07) is 5.97. The lowest BCUT2D eigenvalue weighted by molar-refractivity contribution is 0.685. The molecule has 6 heteroatoms. The lowest BCUT2D eigenvalue weighted by Gasteiger charge is -2.03. The second kappa shape index (κ2) is 4.88. The van der Waals surface area contributed by atoms with Crippen molar-refractivity contribution in [2.45, 2.75) is 10.9 Å². The molecule has 0 spiro atoms. The summed E-state index contributed by atoms with van der Waals surface area (Å²) in [6.45, 7) is 0. The summed E-state index contributed by atoms with van der Waals surface area (Å²) in [5.41, 5.74) is 7.75. The zero-order valence-corrected chi connectivity index (χ0v) is 11.1. The summed E-state index contributed by atoms with van der Waals surface area (Å²) in [6.07, 6.45) is 1.55. The maximum Gasteiger partial charge on any atom is 0.186 e. The van der Waals surface area contributed by atoms with Crippen molar-refractivity contribution in [3.8, 4) is 0 Å². The average molecular weight is 299 g/mol. The van der Waals surface area contributed by atoms with Crippen molar-refractivity contribution in [2.75, 3.05) is 5.73 Å². The van der Waals surface area contributed by atoms with Gasteiger partial charge in [-0.3, -0.25) is 0 Å². The number of rotatable bonds is 3. The van der Waals surface area contributed by atoms with Crippen molar-refractivity contribution in [1.82, 2.24) is 14.8 Å². The van der Waals surface area contributed by atoms with E-state index in [2.05, 4.69) is 26.0 Å². The number of nitrogens with zero attached hydrogens (tertiary/aromatic N) is 3. The minimum atomic E-state index is 0.760. The number of benzene rings is 1. The smallest absolute Gasteiger partial charge is 0.186 e. The van der Waals surface area contributed by atoms with Crippen LogP contribution in [0.25, 0.3) is 0 Å². The number of anilines is 1. The number of aromatic nitrogens is 3. The number of nitrogen functional groups attached to an aromatic ring is 1. The standard InChI is InChI=1S/C10H11BrN4S/c1-15-10(13-6-14-15)16-5-7-2-3-8(11)9(12)4-7/h2-4,6H,5,12H2,1H3. The molecule has 2 rings (SSSR count). The summed E-state index contributed by atoms with van der Waals surface area (Å²) in [5, 5.41) is 4.92. The Hall–Kier alpha value is -1.01. The molecule has 2 aromatic rings. The molecule has 1 heterocycles. The van der Waals surface area contributed by atoms with Crippen LogP contribution in [0.4, 0.5) is 5.69 Å². The summed E-state index contributed by atoms with van der Waals surface area (Å²) >= 11 is 5.01. The highest BCUT2D eigenvalue weighted by Crippen LogP contribution is 2.25. The number of thioether (sulfide) groups is 1. The highest BCUT2D eigenvalue weighted by Gasteiger charge is 2.03. The Bertz CT molecular complexity index is 497. The van der Waals surface area contributed by atoms with E-state index in [-0.39, 0.29) is 0 Å². The van der Waals surface area contributed by atoms with Crippen LogP contribution in [0.15, 0.2) is 34.2 Å². The molecule has 2 N–H and O–H groups in total. The predicted octanol–water partition coefficient (Wildman–Crippen LogP) is 2.45. The van der Waals surface area contributed by atoms with Crippen LogP contribution in [0.5, 0.6) is 0 Å². The van der Waals surface area contributed by atoms with Gasteiger partial charge in [0.2, 0.25) is 0 Å². The predicted molar refractivity (Wildman–Crippen MR) is 69.1 cm³/mol. The van der Waals surface area contributed by atoms with Gasteiger partial charge in [0.1, 0.15) is 6.33 Å². The topological polar surface area (TPSA) is 56.7 Å². The van der Waals surface area contributed by atoms with Gasteiger partial charge in [0, 0.05) is 23.0 Å². The van der Waals surface area contributed by atoms with Crippen molar-refractivity contribution in [1.29, 1.82) is 0 Å². The monoisotopic (exact) mass is 298 g/mol. The summed E-state index contributed by atoms with van der Waals surface area (Å²) in [5.74, 6) is 0.837. The molecule has 4 nitrogen and oxygen atoms in total. The number of halogens is 1. The number of hydrogen-bond acceptors (Lipinski definition) is 4. The minimum Gasteiger partial charge on any atom is -0.398 e.